The second-order valence-electron chi connectivity index (χ2n) is 14.4. The number of carbonyl (C=O) groups excluding carboxylic acids is 1. The van der Waals surface area contributed by atoms with Gasteiger partial charge in [-0.15, -0.1) is 0 Å². The molecular weight excluding hydrogens is 622 g/mol. The summed E-state index contributed by atoms with van der Waals surface area (Å²) < 4.78 is 11.1. The molecule has 1 fully saturated rings. The van der Waals surface area contributed by atoms with E-state index in [1.807, 2.05) is 6.08 Å². The van der Waals surface area contributed by atoms with E-state index < -0.39 is 49.5 Å². The number of ether oxygens (including phenoxy) is 2. The van der Waals surface area contributed by atoms with E-state index >= 15 is 0 Å². The van der Waals surface area contributed by atoms with Crippen molar-refractivity contribution >= 4 is 5.91 Å². The van der Waals surface area contributed by atoms with Crippen molar-refractivity contribution in [3.8, 4) is 0 Å². The van der Waals surface area contributed by atoms with E-state index in [9.17, 15) is 30.3 Å². The molecule has 0 aromatic heterocycles. The summed E-state index contributed by atoms with van der Waals surface area (Å²) in [5, 5.41) is 53.4. The van der Waals surface area contributed by atoms with Gasteiger partial charge in [0.15, 0.2) is 6.29 Å². The number of amides is 1. The number of allylic oxidation sites excluding steroid dienone is 1. The van der Waals surface area contributed by atoms with Crippen LogP contribution in [0.4, 0.5) is 0 Å². The summed E-state index contributed by atoms with van der Waals surface area (Å²) in [6.45, 7) is 3.62. The van der Waals surface area contributed by atoms with Gasteiger partial charge in [-0.1, -0.05) is 174 Å². The van der Waals surface area contributed by atoms with Crippen molar-refractivity contribution in [3.05, 3.63) is 12.2 Å². The average Bonchev–Trinajstić information content (AvgIpc) is 3.10. The molecule has 0 aromatic rings. The van der Waals surface area contributed by atoms with E-state index in [0.717, 1.165) is 38.5 Å². The minimum Gasteiger partial charge on any atom is -0.394 e. The van der Waals surface area contributed by atoms with Crippen LogP contribution in [-0.4, -0.2) is 87.5 Å². The van der Waals surface area contributed by atoms with Crippen LogP contribution in [0.3, 0.4) is 0 Å². The minimum absolute atomic E-state index is 0.184. The number of aliphatic hydroxyl groups excluding tert-OH is 5. The second-order valence-corrected chi connectivity index (χ2v) is 14.4. The molecule has 0 bridgehead atoms. The third-order valence-corrected chi connectivity index (χ3v) is 9.86. The summed E-state index contributed by atoms with van der Waals surface area (Å²) in [7, 11) is 0. The van der Waals surface area contributed by atoms with Crippen LogP contribution in [0.25, 0.3) is 0 Å². The first kappa shape index (κ1) is 46.0. The van der Waals surface area contributed by atoms with Gasteiger partial charge >= 0.3 is 0 Å². The Morgan fingerprint density at radius 3 is 1.57 bits per heavy atom. The molecule has 290 valence electrons. The fraction of sp³-hybridized carbons (Fsp3) is 0.925. The maximum Gasteiger partial charge on any atom is 0.220 e. The van der Waals surface area contributed by atoms with Crippen molar-refractivity contribution in [2.45, 2.75) is 224 Å². The molecule has 9 nitrogen and oxygen atoms in total. The molecule has 1 aliphatic heterocycles. The third kappa shape index (κ3) is 23.2. The first-order valence-electron chi connectivity index (χ1n) is 20.4. The molecule has 0 radical (unpaired) electrons. The smallest absolute Gasteiger partial charge is 0.220 e. The second kappa shape index (κ2) is 31.6. The zero-order valence-electron chi connectivity index (χ0n) is 31.5. The van der Waals surface area contributed by atoms with Crippen LogP contribution in [0.15, 0.2) is 12.2 Å². The summed E-state index contributed by atoms with van der Waals surface area (Å²) in [6.07, 6.45) is 27.6. The predicted octanol–water partition coefficient (Wildman–Crippen LogP) is 7.39. The number of nitrogens with one attached hydrogen (secondary N) is 1. The van der Waals surface area contributed by atoms with E-state index in [1.54, 1.807) is 6.08 Å². The first-order chi connectivity index (χ1) is 23.8. The highest BCUT2D eigenvalue weighted by Crippen LogP contribution is 2.22. The molecule has 6 N–H and O–H groups in total. The molecule has 1 heterocycles. The maximum atomic E-state index is 12.8. The van der Waals surface area contributed by atoms with Crippen LogP contribution in [-0.2, 0) is 14.3 Å². The lowest BCUT2D eigenvalue weighted by atomic mass is 9.99. The van der Waals surface area contributed by atoms with Gasteiger partial charge in [0.25, 0.3) is 0 Å². The molecule has 1 saturated heterocycles. The van der Waals surface area contributed by atoms with Gasteiger partial charge < -0.3 is 40.3 Å². The molecule has 7 atom stereocenters. The number of carbonyl (C=O) groups is 1. The molecule has 1 rings (SSSR count). The van der Waals surface area contributed by atoms with E-state index in [1.165, 1.54) is 122 Å². The fourth-order valence-electron chi connectivity index (χ4n) is 6.49. The Labute approximate surface area is 299 Å². The lowest BCUT2D eigenvalue weighted by Crippen LogP contribution is -2.60. The Balaban J connectivity index is 2.14. The van der Waals surface area contributed by atoms with Gasteiger partial charge in [-0.3, -0.25) is 4.79 Å². The topological polar surface area (TPSA) is 149 Å². The summed E-state index contributed by atoms with van der Waals surface area (Å²) in [5.41, 5.74) is 0. The van der Waals surface area contributed by atoms with Gasteiger partial charge in [-0.2, -0.15) is 0 Å². The van der Waals surface area contributed by atoms with Crippen LogP contribution >= 0.6 is 0 Å². The standard InChI is InChI=1S/C40H77NO8/c1-3-5-7-9-10-11-12-13-14-15-16-17-18-19-20-21-22-23-24-25-26-28-30-36(44)41-33(34(43)29-27-8-6-4-2)32-48-40-39(47)38(46)37(45)35(31-42)49-40/h27,29,33-35,37-40,42-43,45-47H,3-26,28,30-32H2,1-2H3,(H,41,44)/b29-27+. The Bertz CT molecular complexity index is 781. The van der Waals surface area contributed by atoms with Crippen LogP contribution < -0.4 is 5.32 Å². The Kier molecular flexibility index (Phi) is 29.7. The molecule has 7 unspecified atom stereocenters. The van der Waals surface area contributed by atoms with Crippen molar-refractivity contribution in [1.29, 1.82) is 0 Å². The SMILES string of the molecule is CCCC/C=C/C(O)C(COC1OC(CO)C(O)C(O)C1O)NC(=O)CCCCCCCCCCCCCCCCCCCCCCCC. The number of hydrogen-bond acceptors (Lipinski definition) is 8. The van der Waals surface area contributed by atoms with Gasteiger partial charge in [0, 0.05) is 6.42 Å². The van der Waals surface area contributed by atoms with Gasteiger partial charge in [0.1, 0.15) is 24.4 Å². The molecule has 1 aliphatic rings. The Hall–Kier alpha value is -1.07. The van der Waals surface area contributed by atoms with Crippen LogP contribution in [0.5, 0.6) is 0 Å². The van der Waals surface area contributed by atoms with Crippen LogP contribution in [0.2, 0.25) is 0 Å². The zero-order valence-corrected chi connectivity index (χ0v) is 31.5. The lowest BCUT2D eigenvalue weighted by molar-refractivity contribution is -0.302. The highest BCUT2D eigenvalue weighted by molar-refractivity contribution is 5.76. The third-order valence-electron chi connectivity index (χ3n) is 9.86. The maximum absolute atomic E-state index is 12.8. The van der Waals surface area contributed by atoms with Crippen molar-refractivity contribution in [2.24, 2.45) is 0 Å². The normalized spacial score (nSPS) is 22.5. The van der Waals surface area contributed by atoms with Crippen LogP contribution in [0.1, 0.15) is 181 Å². The number of unbranched alkanes of at least 4 members (excludes halogenated alkanes) is 23. The van der Waals surface area contributed by atoms with E-state index in [-0.39, 0.29) is 12.5 Å². The Morgan fingerprint density at radius 2 is 1.12 bits per heavy atom. The molecule has 1 amide bonds. The van der Waals surface area contributed by atoms with Gasteiger partial charge in [0.05, 0.1) is 25.4 Å². The minimum atomic E-state index is -1.56. The lowest BCUT2D eigenvalue weighted by Gasteiger charge is -2.40. The molecule has 0 aromatic carbocycles. The van der Waals surface area contributed by atoms with Gasteiger partial charge in [-0.25, -0.2) is 0 Å². The number of aliphatic hydroxyl groups is 5. The largest absolute Gasteiger partial charge is 0.394 e. The first-order valence-corrected chi connectivity index (χ1v) is 20.4. The molecule has 49 heavy (non-hydrogen) atoms. The molecule has 0 saturated carbocycles. The average molecular weight is 700 g/mol. The Morgan fingerprint density at radius 1 is 0.673 bits per heavy atom. The molecular formula is C40H77NO8. The van der Waals surface area contributed by atoms with Gasteiger partial charge in [0.2, 0.25) is 5.91 Å². The summed E-state index contributed by atoms with van der Waals surface area (Å²) >= 11 is 0. The quantitative estimate of drug-likeness (QED) is 0.0307. The highest BCUT2D eigenvalue weighted by Gasteiger charge is 2.44. The number of rotatable bonds is 33. The monoisotopic (exact) mass is 700 g/mol. The summed E-state index contributed by atoms with van der Waals surface area (Å²) in [5.74, 6) is -0.184. The fourth-order valence-corrected chi connectivity index (χ4v) is 6.49. The molecule has 0 aliphatic carbocycles. The summed E-state index contributed by atoms with van der Waals surface area (Å²) in [4.78, 5) is 12.8. The van der Waals surface area contributed by atoms with Crippen molar-refractivity contribution in [1.82, 2.24) is 5.32 Å². The van der Waals surface area contributed by atoms with E-state index in [0.29, 0.717) is 6.42 Å². The zero-order chi connectivity index (χ0) is 36.0. The highest BCUT2D eigenvalue weighted by atomic mass is 16.7. The predicted molar refractivity (Wildman–Crippen MR) is 198 cm³/mol. The van der Waals surface area contributed by atoms with Crippen LogP contribution in [0, 0.1) is 0 Å². The van der Waals surface area contributed by atoms with Crippen molar-refractivity contribution in [3.63, 3.8) is 0 Å². The van der Waals surface area contributed by atoms with Gasteiger partial charge in [-0.05, 0) is 12.8 Å². The van der Waals surface area contributed by atoms with E-state index in [4.69, 9.17) is 9.47 Å². The summed E-state index contributed by atoms with van der Waals surface area (Å²) in [6, 6.07) is -0.794. The number of hydrogen-bond donors (Lipinski definition) is 6. The van der Waals surface area contributed by atoms with Crippen molar-refractivity contribution in [2.75, 3.05) is 13.2 Å². The molecule has 0 spiro atoms. The van der Waals surface area contributed by atoms with Crippen molar-refractivity contribution < 1.29 is 39.8 Å². The molecule has 9 heteroatoms. The van der Waals surface area contributed by atoms with E-state index in [2.05, 4.69) is 19.2 Å².